The number of rotatable bonds is 1. The van der Waals surface area contributed by atoms with Crippen LogP contribution in [-0.2, 0) is 0 Å². The molecule has 1 amide bonds. The number of carbonyl (C=O) groups excluding carboxylic acids is 1. The van der Waals surface area contributed by atoms with Crippen molar-refractivity contribution in [1.82, 2.24) is 0 Å². The van der Waals surface area contributed by atoms with Gasteiger partial charge in [-0.15, -0.1) is 24.0 Å². The SMILES string of the molecule is I.NC(=O)c1ccccc1N. The van der Waals surface area contributed by atoms with Crippen LogP contribution >= 0.6 is 24.0 Å². The van der Waals surface area contributed by atoms with Gasteiger partial charge in [0.25, 0.3) is 5.91 Å². The summed E-state index contributed by atoms with van der Waals surface area (Å²) in [6.07, 6.45) is 0. The summed E-state index contributed by atoms with van der Waals surface area (Å²) in [5.74, 6) is -0.488. The molecule has 1 aromatic rings. The second-order valence-electron chi connectivity index (χ2n) is 1.95. The van der Waals surface area contributed by atoms with Crippen LogP contribution in [0.5, 0.6) is 0 Å². The van der Waals surface area contributed by atoms with Crippen molar-refractivity contribution >= 4 is 35.6 Å². The Kier molecular flexibility index (Phi) is 3.88. The third-order valence-corrected chi connectivity index (χ3v) is 1.23. The summed E-state index contributed by atoms with van der Waals surface area (Å²) in [5.41, 5.74) is 11.2. The van der Waals surface area contributed by atoms with Gasteiger partial charge in [0.15, 0.2) is 0 Å². The lowest BCUT2D eigenvalue weighted by Gasteiger charge is -1.97. The molecule has 11 heavy (non-hydrogen) atoms. The lowest BCUT2D eigenvalue weighted by molar-refractivity contribution is 0.100. The van der Waals surface area contributed by atoms with Crippen LogP contribution in [0.1, 0.15) is 10.4 Å². The topological polar surface area (TPSA) is 69.1 Å². The standard InChI is InChI=1S/C7H8N2O.HI/c8-6-4-2-1-3-5(6)7(9)10;/h1-4H,8H2,(H2,9,10);1H. The maximum atomic E-state index is 10.6. The van der Waals surface area contributed by atoms with Crippen LogP contribution in [0, 0.1) is 0 Å². The lowest BCUT2D eigenvalue weighted by Crippen LogP contribution is -2.12. The summed E-state index contributed by atoms with van der Waals surface area (Å²) in [7, 11) is 0. The minimum absolute atomic E-state index is 0. The van der Waals surface area contributed by atoms with Crippen molar-refractivity contribution in [2.24, 2.45) is 5.73 Å². The Morgan fingerprint density at radius 1 is 1.27 bits per heavy atom. The van der Waals surface area contributed by atoms with Crippen molar-refractivity contribution in [1.29, 1.82) is 0 Å². The normalized spacial score (nSPS) is 8.36. The number of hydrogen-bond donors (Lipinski definition) is 2. The predicted octanol–water partition coefficient (Wildman–Crippen LogP) is 0.986. The molecule has 0 radical (unpaired) electrons. The zero-order valence-corrected chi connectivity index (χ0v) is 8.11. The molecule has 60 valence electrons. The Hall–Kier alpha value is -0.780. The van der Waals surface area contributed by atoms with Crippen LogP contribution in [0.2, 0.25) is 0 Å². The quantitative estimate of drug-likeness (QED) is 0.586. The van der Waals surface area contributed by atoms with E-state index in [4.69, 9.17) is 11.5 Å². The van der Waals surface area contributed by atoms with Crippen LogP contribution in [0.4, 0.5) is 5.69 Å². The monoisotopic (exact) mass is 264 g/mol. The summed E-state index contributed by atoms with van der Waals surface area (Å²) in [5, 5.41) is 0. The smallest absolute Gasteiger partial charge is 0.250 e. The fourth-order valence-corrected chi connectivity index (χ4v) is 0.721. The fourth-order valence-electron chi connectivity index (χ4n) is 0.721. The Balaban J connectivity index is 0.000001000. The van der Waals surface area contributed by atoms with E-state index in [2.05, 4.69) is 0 Å². The van der Waals surface area contributed by atoms with E-state index in [0.717, 1.165) is 0 Å². The molecule has 0 spiro atoms. The first-order chi connectivity index (χ1) is 4.72. The summed E-state index contributed by atoms with van der Waals surface area (Å²) in [6.45, 7) is 0. The molecule has 0 aliphatic heterocycles. The van der Waals surface area contributed by atoms with Crippen LogP contribution in [0.15, 0.2) is 24.3 Å². The number of amides is 1. The van der Waals surface area contributed by atoms with E-state index in [-0.39, 0.29) is 24.0 Å². The second-order valence-corrected chi connectivity index (χ2v) is 1.95. The minimum atomic E-state index is -0.488. The molecule has 4 heteroatoms. The molecule has 1 rings (SSSR count). The van der Waals surface area contributed by atoms with Crippen molar-refractivity contribution < 1.29 is 4.79 Å². The third kappa shape index (κ3) is 2.38. The summed E-state index contributed by atoms with van der Waals surface area (Å²) in [4.78, 5) is 10.6. The number of benzene rings is 1. The van der Waals surface area contributed by atoms with Crippen LogP contribution < -0.4 is 11.5 Å². The maximum absolute atomic E-state index is 10.6. The fraction of sp³-hybridized carbons (Fsp3) is 0. The molecule has 0 aliphatic rings. The summed E-state index contributed by atoms with van der Waals surface area (Å²) < 4.78 is 0. The molecule has 0 bridgehead atoms. The molecule has 0 aliphatic carbocycles. The molecule has 3 nitrogen and oxygen atoms in total. The van der Waals surface area contributed by atoms with E-state index in [1.54, 1.807) is 24.3 Å². The lowest BCUT2D eigenvalue weighted by atomic mass is 10.2. The van der Waals surface area contributed by atoms with Gasteiger partial charge in [0.2, 0.25) is 0 Å². The van der Waals surface area contributed by atoms with E-state index in [9.17, 15) is 4.79 Å². The molecule has 0 fully saturated rings. The molecule has 0 saturated carbocycles. The highest BCUT2D eigenvalue weighted by molar-refractivity contribution is 14.0. The van der Waals surface area contributed by atoms with Gasteiger partial charge < -0.3 is 11.5 Å². The molecular weight excluding hydrogens is 255 g/mol. The first-order valence-corrected chi connectivity index (χ1v) is 2.86. The Labute approximate surface area is 81.8 Å². The van der Waals surface area contributed by atoms with Gasteiger partial charge in [-0.05, 0) is 12.1 Å². The number of nitrogen functional groups attached to an aromatic ring is 1. The predicted molar refractivity (Wildman–Crippen MR) is 54.8 cm³/mol. The molecule has 0 aromatic heterocycles. The van der Waals surface area contributed by atoms with Gasteiger partial charge in [0, 0.05) is 5.69 Å². The van der Waals surface area contributed by atoms with Crippen molar-refractivity contribution in [2.45, 2.75) is 0 Å². The van der Waals surface area contributed by atoms with Gasteiger partial charge in [-0.3, -0.25) is 4.79 Å². The van der Waals surface area contributed by atoms with Crippen LogP contribution in [0.3, 0.4) is 0 Å². The largest absolute Gasteiger partial charge is 0.398 e. The average molecular weight is 264 g/mol. The number of nitrogens with two attached hydrogens (primary N) is 2. The Morgan fingerprint density at radius 2 is 1.82 bits per heavy atom. The van der Waals surface area contributed by atoms with Crippen molar-refractivity contribution in [3.8, 4) is 0 Å². The number of hydrogen-bond acceptors (Lipinski definition) is 2. The zero-order valence-electron chi connectivity index (χ0n) is 5.78. The van der Waals surface area contributed by atoms with E-state index >= 15 is 0 Å². The van der Waals surface area contributed by atoms with Gasteiger partial charge in [0.05, 0.1) is 5.56 Å². The molecule has 1 aromatic carbocycles. The first-order valence-electron chi connectivity index (χ1n) is 2.86. The number of para-hydroxylation sites is 1. The van der Waals surface area contributed by atoms with Gasteiger partial charge in [-0.2, -0.15) is 0 Å². The van der Waals surface area contributed by atoms with Gasteiger partial charge in [-0.25, -0.2) is 0 Å². The minimum Gasteiger partial charge on any atom is -0.398 e. The summed E-state index contributed by atoms with van der Waals surface area (Å²) in [6, 6.07) is 6.70. The number of anilines is 1. The number of carbonyl (C=O) groups is 1. The van der Waals surface area contributed by atoms with E-state index < -0.39 is 5.91 Å². The van der Waals surface area contributed by atoms with Crippen LogP contribution in [0.25, 0.3) is 0 Å². The molecule has 0 atom stereocenters. The molecule has 0 unspecified atom stereocenters. The Morgan fingerprint density at radius 3 is 2.18 bits per heavy atom. The summed E-state index contributed by atoms with van der Waals surface area (Å²) >= 11 is 0. The zero-order chi connectivity index (χ0) is 7.56. The van der Waals surface area contributed by atoms with Crippen molar-refractivity contribution in [3.05, 3.63) is 29.8 Å². The van der Waals surface area contributed by atoms with Gasteiger partial charge >= 0.3 is 0 Å². The maximum Gasteiger partial charge on any atom is 0.250 e. The second kappa shape index (κ2) is 4.17. The molecule has 0 heterocycles. The highest BCUT2D eigenvalue weighted by atomic mass is 127. The highest BCUT2D eigenvalue weighted by Crippen LogP contribution is 2.08. The highest BCUT2D eigenvalue weighted by Gasteiger charge is 2.01. The Bertz CT molecular complexity index is 262. The molecular formula is C7H9IN2O. The third-order valence-electron chi connectivity index (χ3n) is 1.23. The number of primary amides is 1. The van der Waals surface area contributed by atoms with Crippen molar-refractivity contribution in [3.63, 3.8) is 0 Å². The van der Waals surface area contributed by atoms with Gasteiger partial charge in [0.1, 0.15) is 0 Å². The average Bonchev–Trinajstić information content (AvgIpc) is 1.88. The molecule has 0 saturated heterocycles. The van der Waals surface area contributed by atoms with E-state index in [0.29, 0.717) is 11.3 Å². The van der Waals surface area contributed by atoms with Crippen molar-refractivity contribution in [2.75, 3.05) is 5.73 Å². The van der Waals surface area contributed by atoms with Crippen LogP contribution in [-0.4, -0.2) is 5.91 Å². The number of halogens is 1. The van der Waals surface area contributed by atoms with E-state index in [1.165, 1.54) is 0 Å². The van der Waals surface area contributed by atoms with Gasteiger partial charge in [-0.1, -0.05) is 12.1 Å². The van der Waals surface area contributed by atoms with E-state index in [1.807, 2.05) is 0 Å². The molecule has 4 N–H and O–H groups in total. The first kappa shape index (κ1) is 10.2.